The van der Waals surface area contributed by atoms with Crippen LogP contribution in [-0.4, -0.2) is 62.9 Å². The molecule has 0 radical (unpaired) electrons. The average Bonchev–Trinajstić information content (AvgIpc) is 2.42. The fourth-order valence-corrected chi connectivity index (χ4v) is 2.94. The average molecular weight is 306 g/mol. The molecule has 1 heterocycles. The fourth-order valence-electron chi connectivity index (χ4n) is 2.25. The standard InChI is InChI=1S/C12H22N2O5S/c1-19-12(16)10-5-3-4-7-14(10)11(15)9(13)6-8-20(2,17)18/h9-10H,3-8,13H2,1-2H3. The lowest BCUT2D eigenvalue weighted by Crippen LogP contribution is -2.54. The van der Waals surface area contributed by atoms with E-state index in [1.165, 1.54) is 12.0 Å². The molecule has 1 aliphatic heterocycles. The predicted molar refractivity (Wildman–Crippen MR) is 73.7 cm³/mol. The summed E-state index contributed by atoms with van der Waals surface area (Å²) in [4.78, 5) is 25.3. The van der Waals surface area contributed by atoms with Gasteiger partial charge in [-0.2, -0.15) is 0 Å². The van der Waals surface area contributed by atoms with Crippen LogP contribution in [0.3, 0.4) is 0 Å². The smallest absolute Gasteiger partial charge is 0.328 e. The summed E-state index contributed by atoms with van der Waals surface area (Å²) in [5.41, 5.74) is 5.75. The Labute approximate surface area is 119 Å². The second-order valence-corrected chi connectivity index (χ2v) is 7.35. The molecular formula is C12H22N2O5S. The zero-order valence-corrected chi connectivity index (χ0v) is 12.7. The highest BCUT2D eigenvalue weighted by atomic mass is 32.2. The van der Waals surface area contributed by atoms with Crippen LogP contribution in [0.15, 0.2) is 0 Å². The van der Waals surface area contributed by atoms with Crippen molar-refractivity contribution in [3.63, 3.8) is 0 Å². The van der Waals surface area contributed by atoms with Crippen molar-refractivity contribution in [3.05, 3.63) is 0 Å². The van der Waals surface area contributed by atoms with E-state index in [0.29, 0.717) is 13.0 Å². The van der Waals surface area contributed by atoms with E-state index in [9.17, 15) is 18.0 Å². The number of carbonyl (C=O) groups excluding carboxylic acids is 2. The van der Waals surface area contributed by atoms with Crippen LogP contribution >= 0.6 is 0 Å². The summed E-state index contributed by atoms with van der Waals surface area (Å²) in [6, 6.07) is -1.51. The van der Waals surface area contributed by atoms with Crippen molar-refractivity contribution in [1.29, 1.82) is 0 Å². The summed E-state index contributed by atoms with van der Waals surface area (Å²) in [6.07, 6.45) is 3.36. The van der Waals surface area contributed by atoms with Crippen LogP contribution in [-0.2, 0) is 24.2 Å². The molecule has 1 rings (SSSR count). The van der Waals surface area contributed by atoms with Gasteiger partial charge in [0.25, 0.3) is 0 Å². The van der Waals surface area contributed by atoms with Crippen molar-refractivity contribution in [3.8, 4) is 0 Å². The molecule has 0 aromatic rings. The van der Waals surface area contributed by atoms with Gasteiger partial charge in [-0.05, 0) is 25.7 Å². The second kappa shape index (κ2) is 7.03. The Morgan fingerprint density at radius 2 is 2.05 bits per heavy atom. The Morgan fingerprint density at radius 3 is 2.60 bits per heavy atom. The number of carbonyl (C=O) groups is 2. The summed E-state index contributed by atoms with van der Waals surface area (Å²) >= 11 is 0. The third-order valence-corrected chi connectivity index (χ3v) is 4.35. The predicted octanol–water partition coefficient (Wildman–Crippen LogP) is -0.697. The first-order valence-electron chi connectivity index (χ1n) is 6.58. The number of hydrogen-bond donors (Lipinski definition) is 1. The van der Waals surface area contributed by atoms with Gasteiger partial charge >= 0.3 is 5.97 Å². The first-order chi connectivity index (χ1) is 9.26. The lowest BCUT2D eigenvalue weighted by Gasteiger charge is -2.35. The van der Waals surface area contributed by atoms with Gasteiger partial charge in [0.2, 0.25) is 5.91 Å². The Bertz CT molecular complexity index is 462. The van der Waals surface area contributed by atoms with Gasteiger partial charge in [0.15, 0.2) is 0 Å². The zero-order chi connectivity index (χ0) is 15.3. The number of likely N-dealkylation sites (tertiary alicyclic amines) is 1. The Balaban J connectivity index is 2.69. The number of methoxy groups -OCH3 is 1. The topological polar surface area (TPSA) is 107 Å². The molecule has 0 saturated carbocycles. The molecule has 116 valence electrons. The number of nitrogens with two attached hydrogens (primary N) is 1. The second-order valence-electron chi connectivity index (χ2n) is 5.09. The minimum Gasteiger partial charge on any atom is -0.467 e. The number of sulfone groups is 1. The van der Waals surface area contributed by atoms with E-state index in [0.717, 1.165) is 19.1 Å². The van der Waals surface area contributed by atoms with Crippen molar-refractivity contribution >= 4 is 21.7 Å². The quantitative estimate of drug-likeness (QED) is 0.673. The number of rotatable bonds is 5. The first kappa shape index (κ1) is 16.9. The highest BCUT2D eigenvalue weighted by Crippen LogP contribution is 2.19. The third-order valence-electron chi connectivity index (χ3n) is 3.38. The van der Waals surface area contributed by atoms with Crippen molar-refractivity contribution in [2.24, 2.45) is 5.73 Å². The molecule has 8 heteroatoms. The summed E-state index contributed by atoms with van der Waals surface area (Å²) in [5.74, 6) is -0.978. The summed E-state index contributed by atoms with van der Waals surface area (Å²) in [7, 11) is -1.88. The molecular weight excluding hydrogens is 284 g/mol. The maximum Gasteiger partial charge on any atom is 0.328 e. The fraction of sp³-hybridized carbons (Fsp3) is 0.833. The highest BCUT2D eigenvalue weighted by molar-refractivity contribution is 7.90. The lowest BCUT2D eigenvalue weighted by molar-refractivity contribution is -0.155. The molecule has 20 heavy (non-hydrogen) atoms. The van der Waals surface area contributed by atoms with Crippen LogP contribution in [0.5, 0.6) is 0 Å². The monoisotopic (exact) mass is 306 g/mol. The van der Waals surface area contributed by atoms with E-state index in [1.54, 1.807) is 0 Å². The van der Waals surface area contributed by atoms with Crippen LogP contribution in [0.1, 0.15) is 25.7 Å². The van der Waals surface area contributed by atoms with Crippen molar-refractivity contribution in [2.45, 2.75) is 37.8 Å². The van der Waals surface area contributed by atoms with Gasteiger partial charge < -0.3 is 15.4 Å². The normalized spacial score (nSPS) is 21.4. The van der Waals surface area contributed by atoms with Gasteiger partial charge in [-0.25, -0.2) is 13.2 Å². The SMILES string of the molecule is COC(=O)C1CCCCN1C(=O)C(N)CCS(C)(=O)=O. The number of esters is 1. The molecule has 0 aromatic heterocycles. The maximum absolute atomic E-state index is 12.2. The summed E-state index contributed by atoms with van der Waals surface area (Å²) in [5, 5.41) is 0. The largest absolute Gasteiger partial charge is 0.467 e. The first-order valence-corrected chi connectivity index (χ1v) is 8.64. The van der Waals surface area contributed by atoms with Gasteiger partial charge in [0.05, 0.1) is 18.9 Å². The molecule has 1 aliphatic rings. The van der Waals surface area contributed by atoms with Crippen LogP contribution in [0, 0.1) is 0 Å². The molecule has 0 bridgehead atoms. The van der Waals surface area contributed by atoms with E-state index < -0.39 is 27.9 Å². The van der Waals surface area contributed by atoms with Gasteiger partial charge in [0, 0.05) is 12.8 Å². The van der Waals surface area contributed by atoms with Crippen molar-refractivity contribution < 1.29 is 22.7 Å². The molecule has 1 saturated heterocycles. The number of ether oxygens (including phenoxy) is 1. The summed E-state index contributed by atoms with van der Waals surface area (Å²) in [6.45, 7) is 0.450. The third kappa shape index (κ3) is 4.75. The van der Waals surface area contributed by atoms with Crippen LogP contribution in [0.4, 0.5) is 0 Å². The zero-order valence-electron chi connectivity index (χ0n) is 11.9. The van der Waals surface area contributed by atoms with Crippen LogP contribution in [0.25, 0.3) is 0 Å². The number of amides is 1. The van der Waals surface area contributed by atoms with E-state index >= 15 is 0 Å². The number of nitrogens with zero attached hydrogens (tertiary/aromatic N) is 1. The van der Waals surface area contributed by atoms with Crippen LogP contribution in [0.2, 0.25) is 0 Å². The van der Waals surface area contributed by atoms with Gasteiger partial charge in [0.1, 0.15) is 15.9 Å². The molecule has 0 aromatic carbocycles. The van der Waals surface area contributed by atoms with Crippen molar-refractivity contribution in [2.75, 3.05) is 25.7 Å². The van der Waals surface area contributed by atoms with Gasteiger partial charge in [-0.15, -0.1) is 0 Å². The molecule has 1 fully saturated rings. The summed E-state index contributed by atoms with van der Waals surface area (Å²) < 4.78 is 26.9. The van der Waals surface area contributed by atoms with E-state index in [2.05, 4.69) is 0 Å². The van der Waals surface area contributed by atoms with E-state index in [-0.39, 0.29) is 18.1 Å². The number of hydrogen-bond acceptors (Lipinski definition) is 6. The molecule has 0 spiro atoms. The Morgan fingerprint density at radius 1 is 1.40 bits per heavy atom. The highest BCUT2D eigenvalue weighted by Gasteiger charge is 2.35. The minimum atomic E-state index is -3.16. The van der Waals surface area contributed by atoms with Crippen LogP contribution < -0.4 is 5.73 Å². The van der Waals surface area contributed by atoms with Crippen molar-refractivity contribution in [1.82, 2.24) is 4.90 Å². The minimum absolute atomic E-state index is 0.0576. The Kier molecular flexibility index (Phi) is 5.94. The van der Waals surface area contributed by atoms with E-state index in [1.807, 2.05) is 0 Å². The van der Waals surface area contributed by atoms with Gasteiger partial charge in [-0.1, -0.05) is 0 Å². The molecule has 7 nitrogen and oxygen atoms in total. The molecule has 1 amide bonds. The van der Waals surface area contributed by atoms with E-state index in [4.69, 9.17) is 10.5 Å². The molecule has 2 N–H and O–H groups in total. The Hall–Kier alpha value is -1.15. The molecule has 2 atom stereocenters. The molecule has 0 aliphatic carbocycles. The lowest BCUT2D eigenvalue weighted by atomic mass is 10.0. The maximum atomic E-state index is 12.2. The molecule has 2 unspecified atom stereocenters. The van der Waals surface area contributed by atoms with Gasteiger partial charge in [-0.3, -0.25) is 4.79 Å². The number of piperidine rings is 1.